The topological polar surface area (TPSA) is 214 Å². The molecule has 3 amide bonds. The van der Waals surface area contributed by atoms with E-state index in [2.05, 4.69) is 10.6 Å². The van der Waals surface area contributed by atoms with Crippen molar-refractivity contribution in [3.05, 3.63) is 0 Å². The van der Waals surface area contributed by atoms with Gasteiger partial charge in [-0.1, -0.05) is 13.8 Å². The molecular formula is C17H31N5O7. The fourth-order valence-electron chi connectivity index (χ4n) is 2.24. The quantitative estimate of drug-likeness (QED) is 0.152. The second kappa shape index (κ2) is 13.4. The lowest BCUT2D eigenvalue weighted by Gasteiger charge is -2.22. The van der Waals surface area contributed by atoms with Gasteiger partial charge in [0.2, 0.25) is 17.7 Å². The van der Waals surface area contributed by atoms with Crippen molar-refractivity contribution in [2.24, 2.45) is 17.4 Å². The van der Waals surface area contributed by atoms with Crippen molar-refractivity contribution in [2.75, 3.05) is 13.1 Å². The van der Waals surface area contributed by atoms with E-state index in [-0.39, 0.29) is 12.3 Å². The Morgan fingerprint density at radius 1 is 0.931 bits per heavy atom. The van der Waals surface area contributed by atoms with Crippen LogP contribution in [-0.2, 0) is 24.0 Å². The minimum absolute atomic E-state index is 0.143. The molecule has 12 heteroatoms. The van der Waals surface area contributed by atoms with Crippen molar-refractivity contribution in [3.8, 4) is 0 Å². The largest absolute Gasteiger partial charge is 0.481 e. The number of aliphatic carboxylic acids is 2. The number of carbonyl (C=O) groups excluding carboxylic acids is 3. The highest BCUT2D eigenvalue weighted by molar-refractivity contribution is 5.93. The molecule has 9 N–H and O–H groups in total. The zero-order chi connectivity index (χ0) is 22.6. The maximum Gasteiger partial charge on any atom is 0.326 e. The first-order chi connectivity index (χ1) is 13.5. The molecule has 0 aliphatic rings. The van der Waals surface area contributed by atoms with Crippen LogP contribution < -0.4 is 27.4 Å². The van der Waals surface area contributed by atoms with Gasteiger partial charge in [0, 0.05) is 0 Å². The van der Waals surface area contributed by atoms with Crippen LogP contribution in [0.25, 0.3) is 0 Å². The molecule has 29 heavy (non-hydrogen) atoms. The van der Waals surface area contributed by atoms with Crippen molar-refractivity contribution in [1.29, 1.82) is 0 Å². The van der Waals surface area contributed by atoms with E-state index < -0.39 is 60.8 Å². The van der Waals surface area contributed by atoms with E-state index >= 15 is 0 Å². The van der Waals surface area contributed by atoms with Crippen LogP contribution in [-0.4, -0.2) is 71.1 Å². The predicted octanol–water partition coefficient (Wildman–Crippen LogP) is -2.26. The third kappa shape index (κ3) is 11.0. The number of carboxylic acids is 2. The molecule has 3 atom stereocenters. The van der Waals surface area contributed by atoms with E-state index in [1.54, 1.807) is 13.8 Å². The summed E-state index contributed by atoms with van der Waals surface area (Å²) in [7, 11) is 0. The van der Waals surface area contributed by atoms with Crippen LogP contribution in [0.3, 0.4) is 0 Å². The number of hydrogen-bond donors (Lipinski definition) is 7. The lowest BCUT2D eigenvalue weighted by Crippen LogP contribution is -2.54. The summed E-state index contributed by atoms with van der Waals surface area (Å²) in [5, 5.41) is 24.4. The summed E-state index contributed by atoms with van der Waals surface area (Å²) < 4.78 is 0. The molecule has 0 aromatic carbocycles. The maximum absolute atomic E-state index is 12.4. The van der Waals surface area contributed by atoms with E-state index in [0.29, 0.717) is 19.4 Å². The molecular weight excluding hydrogens is 386 g/mol. The molecule has 0 fully saturated rings. The van der Waals surface area contributed by atoms with Crippen LogP contribution in [0.4, 0.5) is 0 Å². The Labute approximate surface area is 168 Å². The Balaban J connectivity index is 4.85. The van der Waals surface area contributed by atoms with Gasteiger partial charge in [-0.25, -0.2) is 4.79 Å². The van der Waals surface area contributed by atoms with E-state index in [0.717, 1.165) is 0 Å². The second-order valence-corrected chi connectivity index (χ2v) is 6.89. The van der Waals surface area contributed by atoms with Crippen LogP contribution in [0.15, 0.2) is 0 Å². The van der Waals surface area contributed by atoms with Crippen LogP contribution >= 0.6 is 0 Å². The molecule has 0 spiro atoms. The summed E-state index contributed by atoms with van der Waals surface area (Å²) in [6.07, 6.45) is 0.654. The molecule has 166 valence electrons. The number of carboxylic acid groups (broad SMARTS) is 2. The van der Waals surface area contributed by atoms with E-state index in [1.807, 2.05) is 5.32 Å². The fraction of sp³-hybridized carbons (Fsp3) is 0.706. The Kier molecular flexibility index (Phi) is 12.2. The van der Waals surface area contributed by atoms with Crippen LogP contribution in [0.1, 0.15) is 39.5 Å². The third-order valence-electron chi connectivity index (χ3n) is 4.04. The second-order valence-electron chi connectivity index (χ2n) is 6.89. The Morgan fingerprint density at radius 3 is 2.03 bits per heavy atom. The summed E-state index contributed by atoms with van der Waals surface area (Å²) in [5.41, 5.74) is 11.2. The van der Waals surface area contributed by atoms with Crippen molar-refractivity contribution in [1.82, 2.24) is 16.0 Å². The SMILES string of the molecule is CC(C)C(N)C(=O)NC(CCCCN)C(=O)NCC(=O)NC(CC(=O)O)C(=O)O. The lowest BCUT2D eigenvalue weighted by atomic mass is 10.0. The van der Waals surface area contributed by atoms with E-state index in [9.17, 15) is 24.0 Å². The van der Waals surface area contributed by atoms with Gasteiger partial charge >= 0.3 is 11.9 Å². The molecule has 0 radical (unpaired) electrons. The number of unbranched alkanes of at least 4 members (excludes halogenated alkanes) is 1. The van der Waals surface area contributed by atoms with Crippen LogP contribution in [0.2, 0.25) is 0 Å². The zero-order valence-corrected chi connectivity index (χ0v) is 16.6. The number of nitrogens with two attached hydrogens (primary N) is 2. The molecule has 0 aromatic heterocycles. The molecule has 0 rings (SSSR count). The highest BCUT2D eigenvalue weighted by atomic mass is 16.4. The molecule has 0 bridgehead atoms. The van der Waals surface area contributed by atoms with Crippen molar-refractivity contribution >= 4 is 29.7 Å². The minimum atomic E-state index is -1.62. The van der Waals surface area contributed by atoms with Gasteiger partial charge in [-0.2, -0.15) is 0 Å². The molecule has 3 unspecified atom stereocenters. The van der Waals surface area contributed by atoms with Gasteiger partial charge in [-0.3, -0.25) is 19.2 Å². The number of rotatable bonds is 14. The standard InChI is InChI=1S/C17H31N5O7/c1-9(2)14(19)16(27)22-10(5-3-4-6-18)15(26)20-8-12(23)21-11(17(28)29)7-13(24)25/h9-11,14H,3-8,18-19H2,1-2H3,(H,20,26)(H,21,23)(H,22,27)(H,24,25)(H,28,29). The molecule has 12 nitrogen and oxygen atoms in total. The first-order valence-corrected chi connectivity index (χ1v) is 9.27. The Morgan fingerprint density at radius 2 is 1.55 bits per heavy atom. The molecule has 0 aliphatic heterocycles. The molecule has 0 saturated carbocycles. The molecule has 0 aromatic rings. The summed E-state index contributed by atoms with van der Waals surface area (Å²) in [5.74, 6) is -5.09. The molecule has 0 saturated heterocycles. The number of hydrogen-bond acceptors (Lipinski definition) is 7. The predicted molar refractivity (Wildman–Crippen MR) is 102 cm³/mol. The van der Waals surface area contributed by atoms with Crippen LogP contribution in [0, 0.1) is 5.92 Å². The van der Waals surface area contributed by atoms with Gasteiger partial charge < -0.3 is 37.6 Å². The summed E-state index contributed by atoms with van der Waals surface area (Å²) in [4.78, 5) is 58.0. The van der Waals surface area contributed by atoms with Crippen molar-refractivity contribution < 1.29 is 34.2 Å². The molecule has 0 heterocycles. The summed E-state index contributed by atoms with van der Waals surface area (Å²) >= 11 is 0. The Hall–Kier alpha value is -2.73. The lowest BCUT2D eigenvalue weighted by molar-refractivity contribution is -0.147. The molecule has 0 aliphatic carbocycles. The van der Waals surface area contributed by atoms with Gasteiger partial charge in [-0.05, 0) is 31.7 Å². The first-order valence-electron chi connectivity index (χ1n) is 9.27. The van der Waals surface area contributed by atoms with Crippen molar-refractivity contribution in [2.45, 2.75) is 57.7 Å². The third-order valence-corrected chi connectivity index (χ3v) is 4.04. The highest BCUT2D eigenvalue weighted by Crippen LogP contribution is 2.04. The fourth-order valence-corrected chi connectivity index (χ4v) is 2.24. The van der Waals surface area contributed by atoms with Gasteiger partial charge in [0.25, 0.3) is 0 Å². The highest BCUT2D eigenvalue weighted by Gasteiger charge is 2.26. The Bertz CT molecular complexity index is 597. The maximum atomic E-state index is 12.4. The zero-order valence-electron chi connectivity index (χ0n) is 16.6. The van der Waals surface area contributed by atoms with Gasteiger partial charge in [0.1, 0.15) is 12.1 Å². The number of amides is 3. The van der Waals surface area contributed by atoms with E-state index in [1.165, 1.54) is 0 Å². The monoisotopic (exact) mass is 417 g/mol. The van der Waals surface area contributed by atoms with E-state index in [4.69, 9.17) is 21.7 Å². The first kappa shape index (κ1) is 26.3. The van der Waals surface area contributed by atoms with Gasteiger partial charge in [0.05, 0.1) is 19.0 Å². The average Bonchev–Trinajstić information content (AvgIpc) is 2.63. The summed E-state index contributed by atoms with van der Waals surface area (Å²) in [6, 6.07) is -3.38. The average molecular weight is 417 g/mol. The summed E-state index contributed by atoms with van der Waals surface area (Å²) in [6.45, 7) is 3.35. The number of nitrogens with one attached hydrogen (secondary N) is 3. The minimum Gasteiger partial charge on any atom is -0.481 e. The van der Waals surface area contributed by atoms with Gasteiger partial charge in [-0.15, -0.1) is 0 Å². The number of carbonyl (C=O) groups is 5. The van der Waals surface area contributed by atoms with Crippen molar-refractivity contribution in [3.63, 3.8) is 0 Å². The van der Waals surface area contributed by atoms with Crippen LogP contribution in [0.5, 0.6) is 0 Å². The smallest absolute Gasteiger partial charge is 0.326 e. The normalized spacial score (nSPS) is 13.8. The van der Waals surface area contributed by atoms with Gasteiger partial charge in [0.15, 0.2) is 0 Å².